The highest BCUT2D eigenvalue weighted by Gasteiger charge is 2.20. The summed E-state index contributed by atoms with van der Waals surface area (Å²) in [6, 6.07) is 3.92. The van der Waals surface area contributed by atoms with Crippen molar-refractivity contribution in [1.29, 1.82) is 0 Å². The molecule has 0 fully saturated rings. The monoisotopic (exact) mass is 322 g/mol. The Kier molecular flexibility index (Phi) is 3.36. The third-order valence-corrected chi connectivity index (χ3v) is 5.27. The lowest BCUT2D eigenvalue weighted by molar-refractivity contribution is 0.100. The maximum absolute atomic E-state index is 11.4. The molecule has 0 saturated heterocycles. The molecule has 8 heteroatoms. The third kappa shape index (κ3) is 2.05. The van der Waals surface area contributed by atoms with Crippen molar-refractivity contribution in [3.05, 3.63) is 22.4 Å². The number of anilines is 1. The standard InChI is InChI=1S/C12H10N4OS3/c1-18-12-15-8(5-3-2-4-19-5)6-7(13)9(10(14)17)20-11(6)16-12/h2-4H,13H2,1H3,(H2,14,17). The van der Waals surface area contributed by atoms with E-state index in [2.05, 4.69) is 9.97 Å². The first-order valence-electron chi connectivity index (χ1n) is 5.59. The van der Waals surface area contributed by atoms with Gasteiger partial charge in [-0.3, -0.25) is 4.79 Å². The summed E-state index contributed by atoms with van der Waals surface area (Å²) in [4.78, 5) is 22.4. The van der Waals surface area contributed by atoms with Gasteiger partial charge < -0.3 is 11.5 Å². The van der Waals surface area contributed by atoms with E-state index in [9.17, 15) is 4.79 Å². The number of aromatic nitrogens is 2. The zero-order chi connectivity index (χ0) is 14.3. The molecule has 102 valence electrons. The molecule has 3 aromatic heterocycles. The molecule has 0 spiro atoms. The summed E-state index contributed by atoms with van der Waals surface area (Å²) >= 11 is 4.23. The molecule has 4 N–H and O–H groups in total. The van der Waals surface area contributed by atoms with Crippen molar-refractivity contribution < 1.29 is 4.79 Å². The zero-order valence-electron chi connectivity index (χ0n) is 10.4. The summed E-state index contributed by atoms with van der Waals surface area (Å²) in [6.45, 7) is 0. The number of carbonyl (C=O) groups is 1. The van der Waals surface area contributed by atoms with Gasteiger partial charge in [-0.05, 0) is 17.7 Å². The third-order valence-electron chi connectivity index (χ3n) is 2.73. The predicted octanol–water partition coefficient (Wildman–Crippen LogP) is 2.82. The molecule has 3 heterocycles. The molecule has 0 bridgehead atoms. The lowest BCUT2D eigenvalue weighted by Gasteiger charge is -2.03. The number of thiophene rings is 2. The van der Waals surface area contributed by atoms with Crippen LogP contribution in [0.5, 0.6) is 0 Å². The molecule has 0 aliphatic rings. The molecule has 0 aromatic carbocycles. The van der Waals surface area contributed by atoms with E-state index in [1.807, 2.05) is 23.8 Å². The fraction of sp³-hybridized carbons (Fsp3) is 0.0833. The van der Waals surface area contributed by atoms with Crippen LogP contribution in [0.25, 0.3) is 20.8 Å². The zero-order valence-corrected chi connectivity index (χ0v) is 12.9. The molecular weight excluding hydrogens is 312 g/mol. The summed E-state index contributed by atoms with van der Waals surface area (Å²) in [5.74, 6) is -0.534. The first-order chi connectivity index (χ1) is 9.61. The normalized spacial score (nSPS) is 11.1. The van der Waals surface area contributed by atoms with E-state index in [0.29, 0.717) is 25.9 Å². The van der Waals surface area contributed by atoms with E-state index in [4.69, 9.17) is 11.5 Å². The van der Waals surface area contributed by atoms with Crippen molar-refractivity contribution in [1.82, 2.24) is 9.97 Å². The van der Waals surface area contributed by atoms with Gasteiger partial charge in [-0.15, -0.1) is 22.7 Å². The Bertz CT molecular complexity index is 795. The Hall–Kier alpha value is -1.64. The number of nitrogen functional groups attached to an aromatic ring is 1. The van der Waals surface area contributed by atoms with Crippen molar-refractivity contribution >= 4 is 56.2 Å². The van der Waals surface area contributed by atoms with Gasteiger partial charge in [-0.1, -0.05) is 17.8 Å². The van der Waals surface area contributed by atoms with E-state index in [1.54, 1.807) is 11.3 Å². The summed E-state index contributed by atoms with van der Waals surface area (Å²) in [6.07, 6.45) is 1.91. The minimum absolute atomic E-state index is 0.338. The summed E-state index contributed by atoms with van der Waals surface area (Å²) < 4.78 is 0. The maximum atomic E-state index is 11.4. The molecule has 0 aliphatic heterocycles. The van der Waals surface area contributed by atoms with Gasteiger partial charge in [0.2, 0.25) is 0 Å². The fourth-order valence-corrected chi connectivity index (χ4v) is 3.96. The first kappa shape index (κ1) is 13.3. The second-order valence-electron chi connectivity index (χ2n) is 3.93. The van der Waals surface area contributed by atoms with Crippen molar-refractivity contribution in [3.63, 3.8) is 0 Å². The Morgan fingerprint density at radius 3 is 2.80 bits per heavy atom. The Morgan fingerprint density at radius 1 is 1.40 bits per heavy atom. The minimum atomic E-state index is -0.534. The molecule has 3 aromatic rings. The quantitative estimate of drug-likeness (QED) is 0.571. The van der Waals surface area contributed by atoms with Crippen molar-refractivity contribution in [3.8, 4) is 10.6 Å². The van der Waals surface area contributed by atoms with Crippen LogP contribution in [-0.4, -0.2) is 22.1 Å². The number of rotatable bonds is 3. The van der Waals surface area contributed by atoms with Gasteiger partial charge in [0.15, 0.2) is 5.16 Å². The Labute approximate surface area is 127 Å². The number of carbonyl (C=O) groups excluding carboxylic acids is 1. The largest absolute Gasteiger partial charge is 0.397 e. The fourth-order valence-electron chi connectivity index (χ4n) is 1.87. The highest BCUT2D eigenvalue weighted by atomic mass is 32.2. The number of hydrogen-bond acceptors (Lipinski definition) is 7. The van der Waals surface area contributed by atoms with Gasteiger partial charge >= 0.3 is 0 Å². The van der Waals surface area contributed by atoms with Gasteiger partial charge in [0.1, 0.15) is 9.71 Å². The van der Waals surface area contributed by atoms with Gasteiger partial charge in [0.05, 0.1) is 21.6 Å². The molecule has 0 aliphatic carbocycles. The van der Waals surface area contributed by atoms with E-state index in [1.165, 1.54) is 23.1 Å². The number of amides is 1. The lowest BCUT2D eigenvalue weighted by atomic mass is 10.2. The van der Waals surface area contributed by atoms with Crippen LogP contribution < -0.4 is 11.5 Å². The van der Waals surface area contributed by atoms with Gasteiger partial charge in [-0.2, -0.15) is 0 Å². The average molecular weight is 322 g/mol. The molecule has 0 unspecified atom stereocenters. The number of nitrogens with two attached hydrogens (primary N) is 2. The molecule has 5 nitrogen and oxygen atoms in total. The molecule has 0 radical (unpaired) electrons. The molecular formula is C12H10N4OS3. The number of thioether (sulfide) groups is 1. The van der Waals surface area contributed by atoms with Crippen LogP contribution >= 0.6 is 34.4 Å². The van der Waals surface area contributed by atoms with Crippen LogP contribution in [-0.2, 0) is 0 Å². The van der Waals surface area contributed by atoms with Crippen LogP contribution in [0.15, 0.2) is 22.7 Å². The van der Waals surface area contributed by atoms with Gasteiger partial charge in [-0.25, -0.2) is 9.97 Å². The predicted molar refractivity (Wildman–Crippen MR) is 85.4 cm³/mol. The van der Waals surface area contributed by atoms with Crippen LogP contribution in [0.4, 0.5) is 5.69 Å². The molecule has 0 saturated carbocycles. The topological polar surface area (TPSA) is 94.9 Å². The van der Waals surface area contributed by atoms with Gasteiger partial charge in [0.25, 0.3) is 5.91 Å². The highest BCUT2D eigenvalue weighted by Crippen LogP contribution is 2.40. The maximum Gasteiger partial charge on any atom is 0.260 e. The SMILES string of the molecule is CSc1nc(-c2cccs2)c2c(N)c(C(N)=O)sc2n1. The smallest absolute Gasteiger partial charge is 0.260 e. The lowest BCUT2D eigenvalue weighted by Crippen LogP contribution is -2.10. The van der Waals surface area contributed by atoms with E-state index in [-0.39, 0.29) is 0 Å². The number of hydrogen-bond donors (Lipinski definition) is 2. The number of fused-ring (bicyclic) bond motifs is 1. The van der Waals surface area contributed by atoms with E-state index < -0.39 is 5.91 Å². The minimum Gasteiger partial charge on any atom is -0.397 e. The average Bonchev–Trinajstić information content (AvgIpc) is 3.06. The summed E-state index contributed by atoms with van der Waals surface area (Å²) in [5.41, 5.74) is 12.6. The molecule has 20 heavy (non-hydrogen) atoms. The molecule has 3 rings (SSSR count). The summed E-state index contributed by atoms with van der Waals surface area (Å²) in [7, 11) is 0. The second-order valence-corrected chi connectivity index (χ2v) is 6.65. The Balaban J connectivity index is 2.39. The Morgan fingerprint density at radius 2 is 2.20 bits per heavy atom. The van der Waals surface area contributed by atoms with Crippen LogP contribution in [0.1, 0.15) is 9.67 Å². The summed E-state index contributed by atoms with van der Waals surface area (Å²) in [5, 5.41) is 3.33. The van der Waals surface area contributed by atoms with Gasteiger partial charge in [0, 0.05) is 0 Å². The molecule has 0 atom stereocenters. The molecule has 1 amide bonds. The van der Waals surface area contributed by atoms with E-state index in [0.717, 1.165) is 10.6 Å². The van der Waals surface area contributed by atoms with Crippen molar-refractivity contribution in [2.75, 3.05) is 12.0 Å². The van der Waals surface area contributed by atoms with Crippen LogP contribution in [0.2, 0.25) is 0 Å². The number of primary amides is 1. The van der Waals surface area contributed by atoms with E-state index >= 15 is 0 Å². The number of nitrogens with zero attached hydrogens (tertiary/aromatic N) is 2. The van der Waals surface area contributed by atoms with Crippen molar-refractivity contribution in [2.24, 2.45) is 5.73 Å². The highest BCUT2D eigenvalue weighted by molar-refractivity contribution is 7.98. The van der Waals surface area contributed by atoms with Crippen LogP contribution in [0.3, 0.4) is 0 Å². The van der Waals surface area contributed by atoms with Crippen molar-refractivity contribution in [2.45, 2.75) is 5.16 Å². The first-order valence-corrected chi connectivity index (χ1v) is 8.51. The second kappa shape index (κ2) is 5.04. The van der Waals surface area contributed by atoms with Crippen LogP contribution in [0, 0.1) is 0 Å².